The van der Waals surface area contributed by atoms with E-state index in [1.54, 1.807) is 43.3 Å². The van der Waals surface area contributed by atoms with Gasteiger partial charge in [-0.2, -0.15) is 0 Å². The van der Waals surface area contributed by atoms with Gasteiger partial charge in [-0.05, 0) is 39.7 Å². The number of urea groups is 1. The SMILES string of the molecule is CCNC(=O)NC(=O)[C@@H](OC(=O)c1cc(C)n(C2CC2)c1C)c1ccccc1. The second-order valence-electron chi connectivity index (χ2n) is 6.93. The zero-order valence-corrected chi connectivity index (χ0v) is 16.3. The summed E-state index contributed by atoms with van der Waals surface area (Å²) in [5.74, 6) is -1.28. The number of nitrogens with zero attached hydrogens (tertiary/aromatic N) is 1. The lowest BCUT2D eigenvalue weighted by Crippen LogP contribution is -2.42. The maximum atomic E-state index is 12.9. The molecule has 3 amide bonds. The second-order valence-corrected chi connectivity index (χ2v) is 6.93. The van der Waals surface area contributed by atoms with E-state index in [0.29, 0.717) is 23.7 Å². The van der Waals surface area contributed by atoms with E-state index in [4.69, 9.17) is 4.74 Å². The third-order valence-electron chi connectivity index (χ3n) is 4.76. The van der Waals surface area contributed by atoms with Gasteiger partial charge in [0.1, 0.15) is 0 Å². The molecule has 1 fully saturated rings. The van der Waals surface area contributed by atoms with Gasteiger partial charge >= 0.3 is 12.0 Å². The fraction of sp³-hybridized carbons (Fsp3) is 0.381. The summed E-state index contributed by atoms with van der Waals surface area (Å²) in [5.41, 5.74) is 2.76. The third kappa shape index (κ3) is 4.24. The smallest absolute Gasteiger partial charge is 0.341 e. The van der Waals surface area contributed by atoms with Crippen molar-refractivity contribution in [1.82, 2.24) is 15.2 Å². The van der Waals surface area contributed by atoms with Crippen molar-refractivity contribution in [2.75, 3.05) is 6.54 Å². The van der Waals surface area contributed by atoms with Gasteiger partial charge < -0.3 is 14.6 Å². The van der Waals surface area contributed by atoms with Gasteiger partial charge in [0.05, 0.1) is 5.56 Å². The lowest BCUT2D eigenvalue weighted by atomic mass is 10.1. The molecule has 1 atom stereocenters. The Bertz CT molecular complexity index is 885. The molecule has 2 N–H and O–H groups in total. The highest BCUT2D eigenvalue weighted by molar-refractivity contribution is 5.99. The minimum Gasteiger partial charge on any atom is -0.444 e. The quantitative estimate of drug-likeness (QED) is 0.750. The summed E-state index contributed by atoms with van der Waals surface area (Å²) in [5, 5.41) is 4.72. The number of imide groups is 1. The summed E-state index contributed by atoms with van der Waals surface area (Å²) in [6.07, 6.45) is 0.985. The van der Waals surface area contributed by atoms with Crippen LogP contribution in [0.1, 0.15) is 59.2 Å². The zero-order valence-electron chi connectivity index (χ0n) is 16.3. The predicted molar refractivity (Wildman–Crippen MR) is 104 cm³/mol. The monoisotopic (exact) mass is 383 g/mol. The molecule has 148 valence electrons. The molecule has 1 heterocycles. The highest BCUT2D eigenvalue weighted by Crippen LogP contribution is 2.38. The van der Waals surface area contributed by atoms with Crippen LogP contribution in [-0.2, 0) is 9.53 Å². The normalized spacial score (nSPS) is 14.2. The first kappa shape index (κ1) is 19.7. The van der Waals surface area contributed by atoms with E-state index in [1.165, 1.54) is 0 Å². The van der Waals surface area contributed by atoms with Gasteiger partial charge in [-0.15, -0.1) is 0 Å². The molecule has 7 heteroatoms. The molecule has 1 aromatic carbocycles. The van der Waals surface area contributed by atoms with Gasteiger partial charge in [-0.1, -0.05) is 30.3 Å². The first-order valence-electron chi connectivity index (χ1n) is 9.45. The molecule has 0 bridgehead atoms. The van der Waals surface area contributed by atoms with Crippen molar-refractivity contribution in [3.63, 3.8) is 0 Å². The van der Waals surface area contributed by atoms with E-state index in [0.717, 1.165) is 24.2 Å². The standard InChI is InChI=1S/C21H25N3O4/c1-4-22-21(27)23-19(25)18(15-8-6-5-7-9-15)28-20(26)17-12-13(2)24(14(17)3)16-10-11-16/h5-9,12,16,18H,4,10-11H2,1-3H3,(H2,22,23,25,27)/t18-/m0/s1. The van der Waals surface area contributed by atoms with Crippen LogP contribution in [0.25, 0.3) is 0 Å². The summed E-state index contributed by atoms with van der Waals surface area (Å²) in [6.45, 7) is 5.96. The number of benzene rings is 1. The number of nitrogens with one attached hydrogen (secondary N) is 2. The van der Waals surface area contributed by atoms with E-state index in [1.807, 2.05) is 13.8 Å². The van der Waals surface area contributed by atoms with Gasteiger partial charge in [0.2, 0.25) is 6.10 Å². The van der Waals surface area contributed by atoms with Crippen molar-refractivity contribution in [1.29, 1.82) is 0 Å². The van der Waals surface area contributed by atoms with Gasteiger partial charge in [0.15, 0.2) is 0 Å². The first-order valence-corrected chi connectivity index (χ1v) is 9.45. The van der Waals surface area contributed by atoms with Crippen LogP contribution in [-0.4, -0.2) is 29.0 Å². The highest BCUT2D eigenvalue weighted by atomic mass is 16.5. The van der Waals surface area contributed by atoms with E-state index in [2.05, 4.69) is 15.2 Å². The van der Waals surface area contributed by atoms with Crippen molar-refractivity contribution in [2.24, 2.45) is 0 Å². The largest absolute Gasteiger partial charge is 0.444 e. The highest BCUT2D eigenvalue weighted by Gasteiger charge is 2.31. The number of hydrogen-bond acceptors (Lipinski definition) is 4. The predicted octanol–water partition coefficient (Wildman–Crippen LogP) is 3.18. The Morgan fingerprint density at radius 1 is 1.18 bits per heavy atom. The Labute approximate surface area is 164 Å². The van der Waals surface area contributed by atoms with Crippen LogP contribution < -0.4 is 10.6 Å². The summed E-state index contributed by atoms with van der Waals surface area (Å²) < 4.78 is 7.71. The average Bonchev–Trinajstić information content (AvgIpc) is 3.45. The fourth-order valence-corrected chi connectivity index (χ4v) is 3.33. The average molecular weight is 383 g/mol. The van der Waals surface area contributed by atoms with Gasteiger partial charge in [0, 0.05) is 29.5 Å². The van der Waals surface area contributed by atoms with Gasteiger partial charge in [-0.3, -0.25) is 10.1 Å². The first-order chi connectivity index (χ1) is 13.4. The van der Waals surface area contributed by atoms with Crippen molar-refractivity contribution < 1.29 is 19.1 Å². The Morgan fingerprint density at radius 2 is 1.86 bits per heavy atom. The number of amides is 3. The lowest BCUT2D eigenvalue weighted by Gasteiger charge is -2.18. The number of rotatable bonds is 6. The van der Waals surface area contributed by atoms with Crippen LogP contribution in [0, 0.1) is 13.8 Å². The Balaban J connectivity index is 1.83. The van der Waals surface area contributed by atoms with Crippen LogP contribution >= 0.6 is 0 Å². The molecule has 0 aliphatic heterocycles. The molecular formula is C21H25N3O4. The molecule has 2 aromatic rings. The van der Waals surface area contributed by atoms with Crippen molar-refractivity contribution >= 4 is 17.9 Å². The minimum atomic E-state index is -1.22. The van der Waals surface area contributed by atoms with Crippen molar-refractivity contribution in [3.05, 3.63) is 58.9 Å². The minimum absolute atomic E-state index is 0.377. The lowest BCUT2D eigenvalue weighted by molar-refractivity contribution is -0.129. The summed E-state index contributed by atoms with van der Waals surface area (Å²) in [7, 11) is 0. The number of esters is 1. The topological polar surface area (TPSA) is 89.4 Å². The van der Waals surface area contributed by atoms with Crippen LogP contribution in [0.3, 0.4) is 0 Å². The molecule has 7 nitrogen and oxygen atoms in total. The van der Waals surface area contributed by atoms with Gasteiger partial charge in [-0.25, -0.2) is 9.59 Å². The number of hydrogen-bond donors (Lipinski definition) is 2. The molecule has 1 aliphatic rings. The second kappa shape index (κ2) is 8.29. The number of aromatic nitrogens is 1. The zero-order chi connectivity index (χ0) is 20.3. The van der Waals surface area contributed by atoms with Crippen LogP contribution in [0.2, 0.25) is 0 Å². The van der Waals surface area contributed by atoms with Crippen LogP contribution in [0.15, 0.2) is 36.4 Å². The van der Waals surface area contributed by atoms with E-state index < -0.39 is 24.0 Å². The summed E-state index contributed by atoms with van der Waals surface area (Å²) in [4.78, 5) is 37.2. The Kier molecular flexibility index (Phi) is 5.82. The maximum absolute atomic E-state index is 12.9. The summed E-state index contributed by atoms with van der Waals surface area (Å²) in [6, 6.07) is 10.3. The van der Waals surface area contributed by atoms with E-state index >= 15 is 0 Å². The number of carbonyl (C=O) groups excluding carboxylic acids is 3. The third-order valence-corrected chi connectivity index (χ3v) is 4.76. The molecule has 0 radical (unpaired) electrons. The molecular weight excluding hydrogens is 358 g/mol. The van der Waals surface area contributed by atoms with Crippen LogP contribution in [0.5, 0.6) is 0 Å². The molecule has 0 spiro atoms. The maximum Gasteiger partial charge on any atom is 0.341 e. The molecule has 1 aromatic heterocycles. The molecule has 1 aliphatic carbocycles. The molecule has 3 rings (SSSR count). The molecule has 0 unspecified atom stereocenters. The van der Waals surface area contributed by atoms with Crippen LogP contribution in [0.4, 0.5) is 4.79 Å². The number of aryl methyl sites for hydroxylation is 1. The van der Waals surface area contributed by atoms with Gasteiger partial charge in [0.25, 0.3) is 5.91 Å². The Hall–Kier alpha value is -3.09. The molecule has 28 heavy (non-hydrogen) atoms. The molecule has 0 saturated heterocycles. The number of carbonyl (C=O) groups is 3. The summed E-state index contributed by atoms with van der Waals surface area (Å²) >= 11 is 0. The molecule has 1 saturated carbocycles. The Morgan fingerprint density at radius 3 is 2.46 bits per heavy atom. The van der Waals surface area contributed by atoms with E-state index in [9.17, 15) is 14.4 Å². The fourth-order valence-electron chi connectivity index (χ4n) is 3.33. The van der Waals surface area contributed by atoms with E-state index in [-0.39, 0.29) is 0 Å². The van der Waals surface area contributed by atoms with Crippen molar-refractivity contribution in [3.8, 4) is 0 Å². The number of ether oxygens (including phenoxy) is 1. The van der Waals surface area contributed by atoms with Crippen molar-refractivity contribution in [2.45, 2.75) is 45.8 Å².